The Hall–Kier alpha value is -4.72. The molecule has 0 saturated carbocycles. The Morgan fingerprint density at radius 1 is 0.941 bits per heavy atom. The normalized spacial score (nSPS) is 10.8. The third-order valence-electron chi connectivity index (χ3n) is 5.06. The molecule has 8 heteroatoms. The molecule has 1 amide bonds. The van der Waals surface area contributed by atoms with Crippen molar-refractivity contribution in [1.29, 1.82) is 0 Å². The van der Waals surface area contributed by atoms with Crippen LogP contribution in [0.3, 0.4) is 0 Å². The van der Waals surface area contributed by atoms with E-state index < -0.39 is 4.92 Å². The van der Waals surface area contributed by atoms with Crippen molar-refractivity contribution in [3.05, 3.63) is 112 Å². The van der Waals surface area contributed by atoms with Crippen molar-refractivity contribution in [1.82, 2.24) is 5.43 Å². The molecule has 8 nitrogen and oxygen atoms in total. The molecular weight excluding hydrogens is 432 g/mol. The standard InChI is InChI=1S/C26H22N4O4/c31-26(17-27-25-7-3-5-21-4-1-2-6-24(21)25)29-28-16-19-10-14-23(15-11-19)34-18-20-8-12-22(13-9-20)30(32)33/h1-16,27H,17-18H2,(H,29,31)/b28-16-. The maximum absolute atomic E-state index is 12.1. The van der Waals surface area contributed by atoms with E-state index in [0.717, 1.165) is 27.6 Å². The van der Waals surface area contributed by atoms with Crippen LogP contribution in [0.25, 0.3) is 10.8 Å². The molecular formula is C26H22N4O4. The second-order valence-electron chi connectivity index (χ2n) is 7.45. The number of nitro benzene ring substituents is 1. The number of non-ortho nitro benzene ring substituents is 1. The van der Waals surface area contributed by atoms with Crippen LogP contribution in [0.4, 0.5) is 11.4 Å². The summed E-state index contributed by atoms with van der Waals surface area (Å²) in [5.74, 6) is 0.395. The molecule has 0 atom stereocenters. The highest BCUT2D eigenvalue weighted by Crippen LogP contribution is 2.22. The first kappa shape index (κ1) is 22.5. The minimum absolute atomic E-state index is 0.0452. The number of nitrogens with zero attached hydrogens (tertiary/aromatic N) is 2. The maximum atomic E-state index is 12.1. The number of nitrogens with one attached hydrogen (secondary N) is 2. The number of anilines is 1. The van der Waals surface area contributed by atoms with Crippen LogP contribution in [0.2, 0.25) is 0 Å². The lowest BCUT2D eigenvalue weighted by Crippen LogP contribution is -2.25. The van der Waals surface area contributed by atoms with E-state index in [-0.39, 0.29) is 18.1 Å². The fourth-order valence-electron chi connectivity index (χ4n) is 3.30. The molecule has 0 bridgehead atoms. The number of hydrogen-bond donors (Lipinski definition) is 2. The zero-order valence-corrected chi connectivity index (χ0v) is 18.2. The number of carbonyl (C=O) groups is 1. The summed E-state index contributed by atoms with van der Waals surface area (Å²) in [5, 5.41) is 20.0. The number of ether oxygens (including phenoxy) is 1. The quantitative estimate of drug-likeness (QED) is 0.213. The Bertz CT molecular complexity index is 1310. The van der Waals surface area contributed by atoms with Gasteiger partial charge in [0.25, 0.3) is 11.6 Å². The van der Waals surface area contributed by atoms with Gasteiger partial charge in [-0.15, -0.1) is 0 Å². The van der Waals surface area contributed by atoms with Crippen molar-refractivity contribution < 1.29 is 14.5 Å². The fraction of sp³-hybridized carbons (Fsp3) is 0.0769. The lowest BCUT2D eigenvalue weighted by atomic mass is 10.1. The number of amides is 1. The summed E-state index contributed by atoms with van der Waals surface area (Å²) >= 11 is 0. The highest BCUT2D eigenvalue weighted by Gasteiger charge is 2.05. The molecule has 0 radical (unpaired) electrons. The molecule has 4 aromatic rings. The first-order valence-electron chi connectivity index (χ1n) is 10.6. The number of nitro groups is 1. The molecule has 0 spiro atoms. The molecule has 0 aliphatic heterocycles. The maximum Gasteiger partial charge on any atom is 0.269 e. The zero-order valence-electron chi connectivity index (χ0n) is 18.2. The molecule has 0 aromatic heterocycles. The SMILES string of the molecule is O=C(CNc1cccc2ccccc12)N/N=C\c1ccc(OCc2ccc([N+](=O)[O-])cc2)cc1. The molecule has 2 N–H and O–H groups in total. The van der Waals surface area contributed by atoms with E-state index in [2.05, 4.69) is 15.8 Å². The van der Waals surface area contributed by atoms with Crippen LogP contribution in [-0.2, 0) is 11.4 Å². The van der Waals surface area contributed by atoms with Gasteiger partial charge in [-0.25, -0.2) is 5.43 Å². The van der Waals surface area contributed by atoms with Crippen molar-refractivity contribution in [2.75, 3.05) is 11.9 Å². The lowest BCUT2D eigenvalue weighted by Gasteiger charge is -2.08. The van der Waals surface area contributed by atoms with Gasteiger partial charge < -0.3 is 10.1 Å². The summed E-state index contributed by atoms with van der Waals surface area (Å²) in [6.07, 6.45) is 1.55. The van der Waals surface area contributed by atoms with E-state index in [1.807, 2.05) is 54.6 Å². The third-order valence-corrected chi connectivity index (χ3v) is 5.06. The summed E-state index contributed by atoms with van der Waals surface area (Å²) < 4.78 is 5.70. The summed E-state index contributed by atoms with van der Waals surface area (Å²) in [7, 11) is 0. The van der Waals surface area contributed by atoms with Gasteiger partial charge >= 0.3 is 0 Å². The largest absolute Gasteiger partial charge is 0.489 e. The second-order valence-corrected chi connectivity index (χ2v) is 7.45. The van der Waals surface area contributed by atoms with Crippen LogP contribution < -0.4 is 15.5 Å². The average Bonchev–Trinajstić information content (AvgIpc) is 2.87. The highest BCUT2D eigenvalue weighted by atomic mass is 16.6. The molecule has 4 rings (SSSR count). The summed E-state index contributed by atoms with van der Waals surface area (Å²) in [6, 6.07) is 27.3. The number of hydrogen-bond acceptors (Lipinski definition) is 6. The van der Waals surface area contributed by atoms with Crippen LogP contribution in [0, 0.1) is 10.1 Å². The summed E-state index contributed by atoms with van der Waals surface area (Å²) in [5.41, 5.74) is 5.07. The van der Waals surface area contributed by atoms with Crippen LogP contribution in [0.5, 0.6) is 5.75 Å². The Labute approximate surface area is 196 Å². The van der Waals surface area contributed by atoms with Gasteiger partial charge in [0.05, 0.1) is 17.7 Å². The summed E-state index contributed by atoms with van der Waals surface area (Å²) in [4.78, 5) is 22.4. The first-order chi connectivity index (χ1) is 16.6. The smallest absolute Gasteiger partial charge is 0.269 e. The van der Waals surface area contributed by atoms with Gasteiger partial charge in [0.2, 0.25) is 0 Å². The molecule has 0 saturated heterocycles. The molecule has 34 heavy (non-hydrogen) atoms. The van der Waals surface area contributed by atoms with E-state index in [1.165, 1.54) is 12.1 Å². The summed E-state index contributed by atoms with van der Waals surface area (Å²) in [6.45, 7) is 0.395. The van der Waals surface area contributed by atoms with E-state index >= 15 is 0 Å². The third kappa shape index (κ3) is 5.95. The van der Waals surface area contributed by atoms with Gasteiger partial charge in [-0.05, 0) is 59.0 Å². The Balaban J connectivity index is 1.23. The van der Waals surface area contributed by atoms with Crippen LogP contribution >= 0.6 is 0 Å². The predicted molar refractivity (Wildman–Crippen MR) is 132 cm³/mol. The number of rotatable bonds is 9. The molecule has 4 aromatic carbocycles. The van der Waals surface area contributed by atoms with Crippen molar-refractivity contribution in [2.45, 2.75) is 6.61 Å². The van der Waals surface area contributed by atoms with E-state index in [4.69, 9.17) is 4.74 Å². The lowest BCUT2D eigenvalue weighted by molar-refractivity contribution is -0.384. The number of benzene rings is 4. The molecule has 170 valence electrons. The number of fused-ring (bicyclic) bond motifs is 1. The number of carbonyl (C=O) groups excluding carboxylic acids is 1. The predicted octanol–water partition coefficient (Wildman–Crippen LogP) is 4.89. The van der Waals surface area contributed by atoms with Gasteiger partial charge in [-0.1, -0.05) is 36.4 Å². The topological polar surface area (TPSA) is 106 Å². The van der Waals surface area contributed by atoms with E-state index in [9.17, 15) is 14.9 Å². The van der Waals surface area contributed by atoms with E-state index in [1.54, 1.807) is 30.5 Å². The second kappa shape index (κ2) is 10.7. The van der Waals surface area contributed by atoms with Gasteiger partial charge in [0.15, 0.2) is 0 Å². The zero-order chi connectivity index (χ0) is 23.8. The highest BCUT2D eigenvalue weighted by molar-refractivity contribution is 5.95. The van der Waals surface area contributed by atoms with Crippen LogP contribution in [0.1, 0.15) is 11.1 Å². The van der Waals surface area contributed by atoms with Crippen LogP contribution in [0.15, 0.2) is 96.1 Å². The number of hydrazone groups is 1. The average molecular weight is 454 g/mol. The molecule has 0 aliphatic rings. The monoisotopic (exact) mass is 454 g/mol. The fourth-order valence-corrected chi connectivity index (χ4v) is 3.30. The van der Waals surface area contributed by atoms with E-state index in [0.29, 0.717) is 12.4 Å². The van der Waals surface area contributed by atoms with Gasteiger partial charge in [-0.2, -0.15) is 5.10 Å². The van der Waals surface area contributed by atoms with Crippen molar-refractivity contribution in [2.24, 2.45) is 5.10 Å². The van der Waals surface area contributed by atoms with Crippen molar-refractivity contribution in [3.63, 3.8) is 0 Å². The van der Waals surface area contributed by atoms with Gasteiger partial charge in [0.1, 0.15) is 12.4 Å². The van der Waals surface area contributed by atoms with Crippen molar-refractivity contribution >= 4 is 34.3 Å². The molecule has 0 heterocycles. The Morgan fingerprint density at radius 2 is 1.68 bits per heavy atom. The molecule has 0 aliphatic carbocycles. The Kier molecular flexibility index (Phi) is 7.09. The molecule has 0 unspecified atom stereocenters. The van der Waals surface area contributed by atoms with Crippen LogP contribution in [-0.4, -0.2) is 23.6 Å². The first-order valence-corrected chi connectivity index (χ1v) is 10.6. The van der Waals surface area contributed by atoms with Gasteiger partial charge in [0, 0.05) is 23.2 Å². The molecule has 0 fully saturated rings. The Morgan fingerprint density at radius 3 is 2.44 bits per heavy atom. The van der Waals surface area contributed by atoms with Crippen molar-refractivity contribution in [3.8, 4) is 5.75 Å². The minimum atomic E-state index is -0.436. The minimum Gasteiger partial charge on any atom is -0.489 e. The van der Waals surface area contributed by atoms with Gasteiger partial charge in [-0.3, -0.25) is 14.9 Å².